The Morgan fingerprint density at radius 1 is 1.48 bits per heavy atom. The summed E-state index contributed by atoms with van der Waals surface area (Å²) in [5, 5.41) is 19.0. The van der Waals surface area contributed by atoms with Crippen LogP contribution in [0, 0.1) is 3.95 Å². The molecule has 3 heterocycles. The second-order valence-electron chi connectivity index (χ2n) is 4.94. The van der Waals surface area contributed by atoms with Crippen molar-refractivity contribution >= 4 is 53.2 Å². The zero-order valence-electron chi connectivity index (χ0n) is 12.0. The second-order valence-corrected chi connectivity index (χ2v) is 6.61. The molecule has 6 nitrogen and oxygen atoms in total. The number of carboxylic acid groups (broad SMARTS) is 1. The summed E-state index contributed by atoms with van der Waals surface area (Å²) in [7, 11) is 0. The van der Waals surface area contributed by atoms with Crippen LogP contribution in [0.25, 0.3) is 11.6 Å². The quantitative estimate of drug-likeness (QED) is 0.808. The highest BCUT2D eigenvalue weighted by Gasteiger charge is 2.16. The minimum Gasteiger partial charge on any atom is -0.493 e. The van der Waals surface area contributed by atoms with Crippen molar-refractivity contribution in [1.29, 1.82) is 0 Å². The van der Waals surface area contributed by atoms with Gasteiger partial charge in [-0.3, -0.25) is 9.36 Å². The van der Waals surface area contributed by atoms with E-state index in [4.69, 9.17) is 17.3 Å². The first-order valence-electron chi connectivity index (χ1n) is 6.92. The van der Waals surface area contributed by atoms with Crippen LogP contribution in [0.4, 0.5) is 5.82 Å². The summed E-state index contributed by atoms with van der Waals surface area (Å²) in [6.45, 7) is 0.378. The number of thiazole rings is 1. The number of carbonyl (C=O) groups is 1. The third kappa shape index (κ3) is 3.22. The highest BCUT2D eigenvalue weighted by molar-refractivity contribution is 7.73. The van der Waals surface area contributed by atoms with Gasteiger partial charge < -0.3 is 10.2 Å². The SMILES string of the molecule is O=C(O)CCCn1c(O)c(C=C2C=Nc3ncccc32)sc1=S. The van der Waals surface area contributed by atoms with Gasteiger partial charge in [-0.05, 0) is 36.8 Å². The van der Waals surface area contributed by atoms with Gasteiger partial charge in [-0.25, -0.2) is 9.98 Å². The van der Waals surface area contributed by atoms with Crippen LogP contribution in [0.5, 0.6) is 5.88 Å². The maximum absolute atomic E-state index is 10.6. The van der Waals surface area contributed by atoms with Gasteiger partial charge in [0.1, 0.15) is 0 Å². The third-order valence-electron chi connectivity index (χ3n) is 3.38. The van der Waals surface area contributed by atoms with Gasteiger partial charge in [0, 0.05) is 36.5 Å². The van der Waals surface area contributed by atoms with Gasteiger partial charge in [0.25, 0.3) is 0 Å². The molecule has 2 aromatic rings. The lowest BCUT2D eigenvalue weighted by Gasteiger charge is -2.03. The summed E-state index contributed by atoms with van der Waals surface area (Å²) in [6.07, 6.45) is 5.66. The molecule has 0 atom stereocenters. The Hall–Kier alpha value is -2.32. The van der Waals surface area contributed by atoms with Crippen LogP contribution in [0.2, 0.25) is 0 Å². The van der Waals surface area contributed by atoms with Crippen molar-refractivity contribution in [3.63, 3.8) is 0 Å². The maximum atomic E-state index is 10.6. The van der Waals surface area contributed by atoms with Crippen molar-refractivity contribution < 1.29 is 15.0 Å². The normalized spacial score (nSPS) is 14.3. The summed E-state index contributed by atoms with van der Waals surface area (Å²) >= 11 is 6.54. The molecule has 8 heteroatoms. The van der Waals surface area contributed by atoms with E-state index in [-0.39, 0.29) is 12.3 Å². The van der Waals surface area contributed by atoms with E-state index in [1.807, 2.05) is 18.2 Å². The monoisotopic (exact) mass is 347 g/mol. The smallest absolute Gasteiger partial charge is 0.303 e. The van der Waals surface area contributed by atoms with Gasteiger partial charge in [0.05, 0.1) is 4.88 Å². The first-order chi connectivity index (χ1) is 11.1. The van der Waals surface area contributed by atoms with Gasteiger partial charge >= 0.3 is 5.97 Å². The molecule has 118 valence electrons. The number of aliphatic carboxylic acids is 1. The number of rotatable bonds is 5. The average Bonchev–Trinajstić information content (AvgIpc) is 3.04. The number of aromatic nitrogens is 2. The lowest BCUT2D eigenvalue weighted by molar-refractivity contribution is -0.137. The number of pyridine rings is 1. The van der Waals surface area contributed by atoms with E-state index in [2.05, 4.69) is 9.98 Å². The van der Waals surface area contributed by atoms with Crippen molar-refractivity contribution in [3.05, 3.63) is 32.7 Å². The van der Waals surface area contributed by atoms with Crippen molar-refractivity contribution in [1.82, 2.24) is 9.55 Å². The van der Waals surface area contributed by atoms with Gasteiger partial charge in [-0.1, -0.05) is 0 Å². The van der Waals surface area contributed by atoms with Crippen molar-refractivity contribution in [2.24, 2.45) is 4.99 Å². The summed E-state index contributed by atoms with van der Waals surface area (Å²) in [6, 6.07) is 3.75. The van der Waals surface area contributed by atoms with E-state index in [1.54, 1.807) is 17.0 Å². The maximum Gasteiger partial charge on any atom is 0.303 e. The van der Waals surface area contributed by atoms with E-state index < -0.39 is 5.97 Å². The van der Waals surface area contributed by atoms with Crippen molar-refractivity contribution in [2.75, 3.05) is 0 Å². The predicted molar refractivity (Wildman–Crippen MR) is 91.9 cm³/mol. The molecule has 0 saturated carbocycles. The van der Waals surface area contributed by atoms with E-state index in [0.29, 0.717) is 27.6 Å². The van der Waals surface area contributed by atoms with E-state index >= 15 is 0 Å². The van der Waals surface area contributed by atoms with Crippen LogP contribution in [0.3, 0.4) is 0 Å². The predicted octanol–water partition coefficient (Wildman–Crippen LogP) is 3.50. The molecular weight excluding hydrogens is 334 g/mol. The molecule has 0 fully saturated rings. The number of aromatic hydroxyl groups is 1. The molecule has 3 rings (SSSR count). The number of fused-ring (bicyclic) bond motifs is 1. The first kappa shape index (κ1) is 15.6. The van der Waals surface area contributed by atoms with E-state index in [0.717, 1.165) is 11.1 Å². The Labute approximate surface area is 141 Å². The number of aliphatic imine (C=N–C) groups is 1. The van der Waals surface area contributed by atoms with Crippen LogP contribution in [-0.2, 0) is 11.3 Å². The Bertz CT molecular complexity index is 880. The molecule has 0 saturated heterocycles. The van der Waals surface area contributed by atoms with Gasteiger partial charge in [0.15, 0.2) is 9.77 Å². The average molecular weight is 347 g/mol. The van der Waals surface area contributed by atoms with Crippen LogP contribution in [-0.4, -0.2) is 31.9 Å². The molecule has 2 N–H and O–H groups in total. The Balaban J connectivity index is 1.88. The van der Waals surface area contributed by atoms with Crippen LogP contribution >= 0.6 is 23.6 Å². The fourth-order valence-corrected chi connectivity index (χ4v) is 3.59. The first-order valence-corrected chi connectivity index (χ1v) is 8.14. The van der Waals surface area contributed by atoms with Gasteiger partial charge in [0.2, 0.25) is 5.88 Å². The Kier molecular flexibility index (Phi) is 4.35. The van der Waals surface area contributed by atoms with Crippen LogP contribution in [0.15, 0.2) is 23.3 Å². The standard InChI is InChI=1S/C15H13N3O3S2/c19-12(20)4-2-6-18-14(21)11(23-15(18)22)7-9-8-17-13-10(9)3-1-5-16-13/h1,3,5,7-8,21H,2,4,6H2,(H,19,20). The minimum atomic E-state index is -0.861. The lowest BCUT2D eigenvalue weighted by atomic mass is 10.1. The number of hydrogen-bond acceptors (Lipinski definition) is 6. The van der Waals surface area contributed by atoms with Crippen molar-refractivity contribution in [2.45, 2.75) is 19.4 Å². The van der Waals surface area contributed by atoms with Gasteiger partial charge in [-0.15, -0.1) is 11.3 Å². The van der Waals surface area contributed by atoms with E-state index in [1.165, 1.54) is 11.3 Å². The number of nitrogens with zero attached hydrogens (tertiary/aromatic N) is 3. The minimum absolute atomic E-state index is 0.0409. The zero-order chi connectivity index (χ0) is 16.4. The number of carboxylic acids is 1. The van der Waals surface area contributed by atoms with E-state index in [9.17, 15) is 9.90 Å². The molecule has 0 unspecified atom stereocenters. The molecule has 0 amide bonds. The van der Waals surface area contributed by atoms with Gasteiger partial charge in [-0.2, -0.15) is 0 Å². The summed E-state index contributed by atoms with van der Waals surface area (Å²) in [5.74, 6) is -0.147. The summed E-state index contributed by atoms with van der Waals surface area (Å²) < 4.78 is 2.08. The molecule has 23 heavy (non-hydrogen) atoms. The highest BCUT2D eigenvalue weighted by Crippen LogP contribution is 2.34. The molecule has 0 bridgehead atoms. The molecular formula is C15H13N3O3S2. The third-order valence-corrected chi connectivity index (χ3v) is 4.76. The summed E-state index contributed by atoms with van der Waals surface area (Å²) in [4.78, 5) is 19.6. The largest absolute Gasteiger partial charge is 0.493 e. The topological polar surface area (TPSA) is 87.7 Å². The molecule has 0 radical (unpaired) electrons. The number of hydrogen-bond donors (Lipinski definition) is 2. The fourth-order valence-electron chi connectivity index (χ4n) is 2.28. The lowest BCUT2D eigenvalue weighted by Crippen LogP contribution is -2.01. The molecule has 2 aromatic heterocycles. The summed E-state index contributed by atoms with van der Waals surface area (Å²) in [5.41, 5.74) is 1.76. The second kappa shape index (κ2) is 6.43. The number of allylic oxidation sites excluding steroid dienone is 1. The zero-order valence-corrected chi connectivity index (χ0v) is 13.6. The molecule has 0 aromatic carbocycles. The van der Waals surface area contributed by atoms with Crippen molar-refractivity contribution in [3.8, 4) is 5.88 Å². The fraction of sp³-hybridized carbons (Fsp3) is 0.200. The molecule has 1 aliphatic rings. The Morgan fingerprint density at radius 2 is 2.30 bits per heavy atom. The van der Waals surface area contributed by atoms with Crippen LogP contribution in [0.1, 0.15) is 23.3 Å². The highest BCUT2D eigenvalue weighted by atomic mass is 32.1. The molecule has 1 aliphatic heterocycles. The molecule has 0 spiro atoms. The van der Waals surface area contributed by atoms with Crippen LogP contribution < -0.4 is 0 Å². The molecule has 0 aliphatic carbocycles. The Morgan fingerprint density at radius 3 is 3.09 bits per heavy atom.